The molecule has 0 unspecified atom stereocenters. The van der Waals surface area contributed by atoms with E-state index >= 15 is 0 Å². The number of fused-ring (bicyclic) bond motifs is 4. The van der Waals surface area contributed by atoms with E-state index in [1.807, 2.05) is 17.8 Å². The summed E-state index contributed by atoms with van der Waals surface area (Å²) in [6.07, 6.45) is 4.26. The van der Waals surface area contributed by atoms with Crippen LogP contribution in [0.25, 0.3) is 11.1 Å². The number of hydrogen-bond acceptors (Lipinski definition) is 2. The van der Waals surface area contributed by atoms with Crippen molar-refractivity contribution in [2.45, 2.75) is 22.6 Å². The molecule has 0 spiro atoms. The summed E-state index contributed by atoms with van der Waals surface area (Å²) in [5.74, 6) is 0. The molecule has 2 aromatic rings. The third-order valence-corrected chi connectivity index (χ3v) is 5.90. The summed E-state index contributed by atoms with van der Waals surface area (Å²) >= 11 is 1.92. The van der Waals surface area contributed by atoms with Crippen LogP contribution in [0.4, 0.5) is 0 Å². The highest BCUT2D eigenvalue weighted by Gasteiger charge is 2.24. The van der Waals surface area contributed by atoms with E-state index in [-0.39, 0.29) is 0 Å². The quantitative estimate of drug-likeness (QED) is 0.687. The smallest absolute Gasteiger partial charge is 0.0197 e. The summed E-state index contributed by atoms with van der Waals surface area (Å²) in [6.45, 7) is 7.12. The minimum Gasteiger partial charge on any atom is -0.299 e. The van der Waals surface area contributed by atoms with E-state index in [0.29, 0.717) is 0 Å². The first-order valence-corrected chi connectivity index (χ1v) is 9.10. The predicted octanol–water partition coefficient (Wildman–Crippen LogP) is 5.34. The van der Waals surface area contributed by atoms with Crippen molar-refractivity contribution < 1.29 is 0 Å². The molecule has 0 saturated carbocycles. The van der Waals surface area contributed by atoms with E-state index < -0.39 is 0 Å². The standard InChI is InChI=1S/C21H21NS/c1-2-13-22-14-11-16-17(12-15-22)19-8-4-6-10-21(19)23-20-9-5-3-7-18(16)20/h2-10H,1,11-15H2. The van der Waals surface area contributed by atoms with Crippen LogP contribution in [-0.2, 0) is 0 Å². The van der Waals surface area contributed by atoms with Gasteiger partial charge in [-0.05, 0) is 47.2 Å². The fourth-order valence-corrected chi connectivity index (χ4v) is 4.77. The van der Waals surface area contributed by atoms with Crippen LogP contribution in [0.1, 0.15) is 24.0 Å². The van der Waals surface area contributed by atoms with Crippen molar-refractivity contribution in [3.63, 3.8) is 0 Å². The molecule has 0 fully saturated rings. The molecule has 0 aliphatic carbocycles. The van der Waals surface area contributed by atoms with Gasteiger partial charge in [0, 0.05) is 29.4 Å². The van der Waals surface area contributed by atoms with Gasteiger partial charge in [-0.2, -0.15) is 0 Å². The van der Waals surface area contributed by atoms with E-state index in [2.05, 4.69) is 60.0 Å². The zero-order chi connectivity index (χ0) is 15.6. The van der Waals surface area contributed by atoms with E-state index in [0.717, 1.165) is 32.5 Å². The Hall–Kier alpha value is -1.77. The lowest BCUT2D eigenvalue weighted by molar-refractivity contribution is 0.322. The maximum absolute atomic E-state index is 3.90. The molecular weight excluding hydrogens is 298 g/mol. The van der Waals surface area contributed by atoms with Crippen molar-refractivity contribution in [2.24, 2.45) is 0 Å². The van der Waals surface area contributed by atoms with Gasteiger partial charge >= 0.3 is 0 Å². The number of nitrogens with zero attached hydrogens (tertiary/aromatic N) is 1. The van der Waals surface area contributed by atoms with Crippen LogP contribution in [0.2, 0.25) is 0 Å². The van der Waals surface area contributed by atoms with Crippen LogP contribution in [0.3, 0.4) is 0 Å². The van der Waals surface area contributed by atoms with Crippen molar-refractivity contribution in [1.82, 2.24) is 4.90 Å². The van der Waals surface area contributed by atoms with Crippen LogP contribution in [0.5, 0.6) is 0 Å². The highest BCUT2D eigenvalue weighted by Crippen LogP contribution is 2.46. The molecule has 0 radical (unpaired) electrons. The average Bonchev–Trinajstić information content (AvgIpc) is 2.86. The molecule has 2 heteroatoms. The number of hydrogen-bond donors (Lipinski definition) is 0. The van der Waals surface area contributed by atoms with Gasteiger partial charge in [0.1, 0.15) is 0 Å². The minimum atomic E-state index is 0.985. The molecule has 2 aliphatic heterocycles. The third-order valence-electron chi connectivity index (χ3n) is 4.75. The van der Waals surface area contributed by atoms with Gasteiger partial charge in [-0.25, -0.2) is 0 Å². The average molecular weight is 319 g/mol. The zero-order valence-corrected chi connectivity index (χ0v) is 14.1. The van der Waals surface area contributed by atoms with Crippen molar-refractivity contribution in [1.29, 1.82) is 0 Å². The van der Waals surface area contributed by atoms with Gasteiger partial charge in [-0.3, -0.25) is 4.90 Å². The van der Waals surface area contributed by atoms with E-state index in [1.165, 1.54) is 20.9 Å². The van der Waals surface area contributed by atoms with Gasteiger partial charge in [-0.15, -0.1) is 6.58 Å². The fraction of sp³-hybridized carbons (Fsp3) is 0.238. The zero-order valence-electron chi connectivity index (χ0n) is 13.3. The minimum absolute atomic E-state index is 0.985. The maximum atomic E-state index is 3.90. The Balaban J connectivity index is 1.86. The van der Waals surface area contributed by atoms with Gasteiger partial charge in [0.2, 0.25) is 0 Å². The van der Waals surface area contributed by atoms with Crippen LogP contribution in [-0.4, -0.2) is 24.5 Å². The lowest BCUT2D eigenvalue weighted by Crippen LogP contribution is -2.24. The SMILES string of the molecule is C=CCN1CCC2=C(CC1)c1ccccc1Sc1ccccc12. The Bertz CT molecular complexity index is 715. The molecular formula is C21H21NS. The van der Waals surface area contributed by atoms with Crippen LogP contribution in [0, 0.1) is 0 Å². The molecule has 2 aromatic carbocycles. The van der Waals surface area contributed by atoms with Crippen LogP contribution >= 0.6 is 11.8 Å². The molecule has 23 heavy (non-hydrogen) atoms. The lowest BCUT2D eigenvalue weighted by Gasteiger charge is -2.18. The summed E-state index contributed by atoms with van der Waals surface area (Å²) in [4.78, 5) is 5.30. The monoisotopic (exact) mass is 319 g/mol. The van der Waals surface area contributed by atoms with Gasteiger partial charge < -0.3 is 0 Å². The van der Waals surface area contributed by atoms with Crippen molar-refractivity contribution in [2.75, 3.05) is 19.6 Å². The molecule has 0 atom stereocenters. The maximum Gasteiger partial charge on any atom is 0.0197 e. The first-order chi connectivity index (χ1) is 11.4. The lowest BCUT2D eigenvalue weighted by atomic mass is 9.91. The van der Waals surface area contributed by atoms with E-state index in [9.17, 15) is 0 Å². The van der Waals surface area contributed by atoms with Crippen molar-refractivity contribution in [3.05, 3.63) is 72.3 Å². The van der Waals surface area contributed by atoms with Gasteiger partial charge in [0.05, 0.1) is 0 Å². The molecule has 4 rings (SSSR count). The normalized spacial score (nSPS) is 17.6. The second-order valence-electron chi connectivity index (χ2n) is 6.14. The van der Waals surface area contributed by atoms with E-state index in [1.54, 1.807) is 11.1 Å². The summed E-state index contributed by atoms with van der Waals surface area (Å²) in [6, 6.07) is 17.8. The molecule has 0 N–H and O–H groups in total. The van der Waals surface area contributed by atoms with Crippen LogP contribution in [0.15, 0.2) is 71.0 Å². The Kier molecular flexibility index (Phi) is 4.11. The summed E-state index contributed by atoms with van der Waals surface area (Å²) in [5.41, 5.74) is 5.96. The second kappa shape index (κ2) is 6.38. The molecule has 1 nitrogen and oxygen atoms in total. The van der Waals surface area contributed by atoms with Crippen molar-refractivity contribution in [3.8, 4) is 0 Å². The first kappa shape index (κ1) is 14.8. The second-order valence-corrected chi connectivity index (χ2v) is 7.22. The summed E-state index contributed by atoms with van der Waals surface area (Å²) < 4.78 is 0. The molecule has 0 aromatic heterocycles. The highest BCUT2D eigenvalue weighted by molar-refractivity contribution is 7.99. The van der Waals surface area contributed by atoms with E-state index in [4.69, 9.17) is 0 Å². The summed E-state index contributed by atoms with van der Waals surface area (Å²) in [7, 11) is 0. The molecule has 2 heterocycles. The Morgan fingerprint density at radius 3 is 1.91 bits per heavy atom. The third kappa shape index (κ3) is 2.77. The fourth-order valence-electron chi connectivity index (χ4n) is 3.64. The van der Waals surface area contributed by atoms with Gasteiger partial charge in [0.25, 0.3) is 0 Å². The van der Waals surface area contributed by atoms with Gasteiger partial charge in [0.15, 0.2) is 0 Å². The highest BCUT2D eigenvalue weighted by atomic mass is 32.2. The summed E-state index contributed by atoms with van der Waals surface area (Å²) in [5, 5.41) is 0. The Morgan fingerprint density at radius 1 is 0.870 bits per heavy atom. The Morgan fingerprint density at radius 2 is 1.39 bits per heavy atom. The molecule has 0 saturated heterocycles. The topological polar surface area (TPSA) is 3.24 Å². The van der Waals surface area contributed by atoms with Crippen LogP contribution < -0.4 is 0 Å². The van der Waals surface area contributed by atoms with Gasteiger partial charge in [-0.1, -0.05) is 54.2 Å². The molecule has 2 aliphatic rings. The number of rotatable bonds is 2. The predicted molar refractivity (Wildman–Crippen MR) is 99.7 cm³/mol. The largest absolute Gasteiger partial charge is 0.299 e. The molecule has 0 bridgehead atoms. The Labute approximate surface area is 142 Å². The molecule has 116 valence electrons. The van der Waals surface area contributed by atoms with Crippen molar-refractivity contribution >= 4 is 22.9 Å². The first-order valence-electron chi connectivity index (χ1n) is 8.29. The number of benzene rings is 2. The molecule has 0 amide bonds.